The van der Waals surface area contributed by atoms with E-state index in [0.29, 0.717) is 16.8 Å². The summed E-state index contributed by atoms with van der Waals surface area (Å²) in [6.07, 6.45) is -1.03. The van der Waals surface area contributed by atoms with Crippen molar-refractivity contribution in [1.82, 2.24) is 0 Å². The fourth-order valence-electron chi connectivity index (χ4n) is 2.15. The average molecular weight is 317 g/mol. The molecule has 0 heterocycles. The number of anilines is 1. The van der Waals surface area contributed by atoms with Crippen molar-refractivity contribution in [1.29, 1.82) is 0 Å². The molecule has 0 aliphatic rings. The van der Waals surface area contributed by atoms with E-state index in [-0.39, 0.29) is 17.9 Å². The average Bonchev–Trinajstić information content (AvgIpc) is 2.52. The molecular formula is C17H19NO5. The smallest absolute Gasteiger partial charge is 0.335 e. The number of carboxylic acid groups (broad SMARTS) is 1. The normalized spacial score (nSPS) is 12.0. The Labute approximate surface area is 133 Å². The van der Waals surface area contributed by atoms with Gasteiger partial charge in [0.05, 0.1) is 12.2 Å². The molecule has 122 valence electrons. The van der Waals surface area contributed by atoms with Crippen LogP contribution in [-0.4, -0.2) is 40.6 Å². The second-order valence-electron chi connectivity index (χ2n) is 5.29. The van der Waals surface area contributed by atoms with Crippen molar-refractivity contribution in [2.24, 2.45) is 0 Å². The summed E-state index contributed by atoms with van der Waals surface area (Å²) in [6.45, 7) is 1.34. The summed E-state index contributed by atoms with van der Waals surface area (Å²) >= 11 is 0. The van der Waals surface area contributed by atoms with Gasteiger partial charge in [-0.1, -0.05) is 12.1 Å². The van der Waals surface area contributed by atoms with E-state index in [2.05, 4.69) is 0 Å². The molecule has 5 N–H and O–H groups in total. The van der Waals surface area contributed by atoms with Gasteiger partial charge in [0.25, 0.3) is 0 Å². The van der Waals surface area contributed by atoms with E-state index in [9.17, 15) is 15.0 Å². The largest absolute Gasteiger partial charge is 0.491 e. The van der Waals surface area contributed by atoms with Crippen LogP contribution in [0, 0.1) is 6.92 Å². The molecule has 2 aromatic rings. The highest BCUT2D eigenvalue weighted by Crippen LogP contribution is 2.31. The summed E-state index contributed by atoms with van der Waals surface area (Å²) in [4.78, 5) is 11.3. The van der Waals surface area contributed by atoms with Crippen LogP contribution in [0.4, 0.5) is 5.69 Å². The van der Waals surface area contributed by atoms with Crippen LogP contribution in [0.1, 0.15) is 15.9 Å². The van der Waals surface area contributed by atoms with Gasteiger partial charge in [0, 0.05) is 11.3 Å². The molecule has 0 saturated heterocycles. The van der Waals surface area contributed by atoms with Crippen LogP contribution in [-0.2, 0) is 0 Å². The molecule has 1 atom stereocenters. The zero-order chi connectivity index (χ0) is 17.0. The number of aryl methyl sites for hydroxylation is 1. The van der Waals surface area contributed by atoms with Crippen molar-refractivity contribution in [3.05, 3.63) is 47.5 Å². The number of carbonyl (C=O) groups is 1. The summed E-state index contributed by atoms with van der Waals surface area (Å²) in [6, 6.07) is 10.0. The monoisotopic (exact) mass is 317 g/mol. The fourth-order valence-corrected chi connectivity index (χ4v) is 2.15. The summed E-state index contributed by atoms with van der Waals surface area (Å²) in [5, 5.41) is 27.4. The lowest BCUT2D eigenvalue weighted by molar-refractivity contribution is 0.0535. The van der Waals surface area contributed by atoms with Crippen molar-refractivity contribution in [2.75, 3.05) is 18.9 Å². The third-order valence-corrected chi connectivity index (χ3v) is 3.32. The van der Waals surface area contributed by atoms with E-state index in [4.69, 9.17) is 15.6 Å². The highest BCUT2D eigenvalue weighted by atomic mass is 16.5. The van der Waals surface area contributed by atoms with Gasteiger partial charge in [0.15, 0.2) is 0 Å². The predicted octanol–water partition coefficient (Wildman–Crippen LogP) is 1.67. The van der Waals surface area contributed by atoms with Crippen molar-refractivity contribution in [3.8, 4) is 16.9 Å². The molecule has 0 aliphatic heterocycles. The molecule has 0 amide bonds. The highest BCUT2D eigenvalue weighted by Gasteiger charge is 2.12. The number of nitrogens with two attached hydrogens (primary N) is 1. The first kappa shape index (κ1) is 16.8. The molecule has 2 aromatic carbocycles. The van der Waals surface area contributed by atoms with Gasteiger partial charge in [0.2, 0.25) is 0 Å². The zero-order valence-corrected chi connectivity index (χ0v) is 12.7. The lowest BCUT2D eigenvalue weighted by Crippen LogP contribution is -2.21. The molecule has 2 rings (SSSR count). The molecule has 0 spiro atoms. The lowest BCUT2D eigenvalue weighted by Gasteiger charge is -2.13. The Kier molecular flexibility index (Phi) is 5.20. The van der Waals surface area contributed by atoms with Crippen molar-refractivity contribution >= 4 is 11.7 Å². The number of hydrogen-bond donors (Lipinski definition) is 4. The predicted molar refractivity (Wildman–Crippen MR) is 86.6 cm³/mol. The van der Waals surface area contributed by atoms with E-state index in [1.54, 1.807) is 12.1 Å². The van der Waals surface area contributed by atoms with Gasteiger partial charge in [-0.25, -0.2) is 4.79 Å². The topological polar surface area (TPSA) is 113 Å². The van der Waals surface area contributed by atoms with E-state index in [1.165, 1.54) is 12.1 Å². The summed E-state index contributed by atoms with van der Waals surface area (Å²) in [7, 11) is 0. The Morgan fingerprint density at radius 2 is 2.00 bits per heavy atom. The number of aromatic carboxylic acids is 1. The maximum Gasteiger partial charge on any atom is 0.335 e. The van der Waals surface area contributed by atoms with Crippen LogP contribution < -0.4 is 10.5 Å². The lowest BCUT2D eigenvalue weighted by atomic mass is 9.99. The van der Waals surface area contributed by atoms with Crippen molar-refractivity contribution < 1.29 is 24.9 Å². The van der Waals surface area contributed by atoms with Crippen LogP contribution in [0.2, 0.25) is 0 Å². The minimum atomic E-state index is -1.09. The Morgan fingerprint density at radius 3 is 2.61 bits per heavy atom. The van der Waals surface area contributed by atoms with Crippen molar-refractivity contribution in [3.63, 3.8) is 0 Å². The molecular weight excluding hydrogens is 298 g/mol. The first-order chi connectivity index (χ1) is 10.9. The second kappa shape index (κ2) is 7.13. The third kappa shape index (κ3) is 4.21. The molecule has 0 aliphatic carbocycles. The first-order valence-corrected chi connectivity index (χ1v) is 7.07. The number of ether oxygens (including phenoxy) is 1. The van der Waals surface area contributed by atoms with Crippen LogP contribution >= 0.6 is 0 Å². The Balaban J connectivity index is 2.42. The summed E-state index contributed by atoms with van der Waals surface area (Å²) in [5.74, 6) is -0.808. The van der Waals surface area contributed by atoms with Crippen LogP contribution in [0.15, 0.2) is 36.4 Å². The Bertz CT molecular complexity index is 714. The standard InChI is InChI=1S/C17H19NO5/c1-10-2-3-15(16(18)4-10)11-5-12(17(21)22)7-14(6-11)23-9-13(20)8-19/h2-7,13,19-20H,8-9,18H2,1H3,(H,21,22). The van der Waals surface area contributed by atoms with Gasteiger partial charge < -0.3 is 25.8 Å². The first-order valence-electron chi connectivity index (χ1n) is 7.07. The number of carboxylic acids is 1. The minimum absolute atomic E-state index is 0.0518. The summed E-state index contributed by atoms with van der Waals surface area (Å²) in [5.41, 5.74) is 8.91. The van der Waals surface area contributed by atoms with Crippen LogP contribution in [0.5, 0.6) is 5.75 Å². The highest BCUT2D eigenvalue weighted by molar-refractivity contribution is 5.91. The third-order valence-electron chi connectivity index (χ3n) is 3.32. The van der Waals surface area contributed by atoms with E-state index in [1.807, 2.05) is 19.1 Å². The van der Waals surface area contributed by atoms with Gasteiger partial charge in [-0.05, 0) is 42.3 Å². The Morgan fingerprint density at radius 1 is 1.26 bits per heavy atom. The molecule has 0 radical (unpaired) electrons. The van der Waals surface area contributed by atoms with Gasteiger partial charge in [0.1, 0.15) is 18.5 Å². The number of rotatable bonds is 6. The van der Waals surface area contributed by atoms with Crippen LogP contribution in [0.3, 0.4) is 0 Å². The molecule has 6 nitrogen and oxygen atoms in total. The molecule has 6 heteroatoms. The quantitative estimate of drug-likeness (QED) is 0.603. The maximum atomic E-state index is 11.3. The maximum absolute atomic E-state index is 11.3. The second-order valence-corrected chi connectivity index (χ2v) is 5.29. The number of benzene rings is 2. The van der Waals surface area contributed by atoms with Gasteiger partial charge in [-0.15, -0.1) is 0 Å². The summed E-state index contributed by atoms with van der Waals surface area (Å²) < 4.78 is 5.36. The number of nitrogen functional groups attached to an aromatic ring is 1. The van der Waals surface area contributed by atoms with Gasteiger partial charge in [-0.3, -0.25) is 0 Å². The molecule has 0 aromatic heterocycles. The zero-order valence-electron chi connectivity index (χ0n) is 12.7. The molecule has 0 saturated carbocycles. The van der Waals surface area contributed by atoms with E-state index >= 15 is 0 Å². The molecule has 0 bridgehead atoms. The number of aliphatic hydroxyl groups is 2. The number of aliphatic hydroxyl groups excluding tert-OH is 2. The Hall–Kier alpha value is -2.57. The minimum Gasteiger partial charge on any atom is -0.491 e. The van der Waals surface area contributed by atoms with Crippen LogP contribution in [0.25, 0.3) is 11.1 Å². The fraction of sp³-hybridized carbons (Fsp3) is 0.235. The SMILES string of the molecule is Cc1ccc(-c2cc(OCC(O)CO)cc(C(=O)O)c2)c(N)c1. The van der Waals surface area contributed by atoms with Crippen molar-refractivity contribution in [2.45, 2.75) is 13.0 Å². The van der Waals surface area contributed by atoms with E-state index in [0.717, 1.165) is 5.56 Å². The van der Waals surface area contributed by atoms with Gasteiger partial charge >= 0.3 is 5.97 Å². The molecule has 23 heavy (non-hydrogen) atoms. The molecule has 0 fully saturated rings. The number of hydrogen-bond acceptors (Lipinski definition) is 5. The molecule has 1 unspecified atom stereocenters. The van der Waals surface area contributed by atoms with E-state index < -0.39 is 18.7 Å². The van der Waals surface area contributed by atoms with Gasteiger partial charge in [-0.2, -0.15) is 0 Å².